The second-order valence-electron chi connectivity index (χ2n) is 2.96. The molecule has 2 atom stereocenters. The molecule has 4 heteroatoms. The van der Waals surface area contributed by atoms with Crippen LogP contribution < -0.4 is 0 Å². The molecule has 60 valence electrons. The van der Waals surface area contributed by atoms with Crippen molar-refractivity contribution in [3.8, 4) is 0 Å². The molecule has 1 saturated carbocycles. The van der Waals surface area contributed by atoms with Gasteiger partial charge in [-0.25, -0.2) is 4.79 Å². The van der Waals surface area contributed by atoms with E-state index in [1.807, 2.05) is 0 Å². The van der Waals surface area contributed by atoms with Crippen LogP contribution in [0.1, 0.15) is 19.3 Å². The topological polar surface area (TPSA) is 58.9 Å². The molecule has 1 heterocycles. The Balaban J connectivity index is 2.18. The fraction of sp³-hybridized carbons (Fsp3) is 0.714. The molecule has 0 aromatic carbocycles. The zero-order chi connectivity index (χ0) is 7.84. The van der Waals surface area contributed by atoms with Gasteiger partial charge in [-0.3, -0.25) is 0 Å². The van der Waals surface area contributed by atoms with Gasteiger partial charge >= 0.3 is 5.97 Å². The first-order valence-electron chi connectivity index (χ1n) is 3.76. The van der Waals surface area contributed by atoms with Crippen molar-refractivity contribution in [3.63, 3.8) is 0 Å². The third-order valence-corrected chi connectivity index (χ3v) is 2.31. The molecule has 0 saturated heterocycles. The van der Waals surface area contributed by atoms with E-state index in [1.54, 1.807) is 0 Å². The summed E-state index contributed by atoms with van der Waals surface area (Å²) in [6.07, 6.45) is 2.98. The lowest BCUT2D eigenvalue weighted by Gasteiger charge is -2.04. The van der Waals surface area contributed by atoms with Crippen molar-refractivity contribution in [2.75, 3.05) is 0 Å². The van der Waals surface area contributed by atoms with Gasteiger partial charge in [0.2, 0.25) is 0 Å². The summed E-state index contributed by atoms with van der Waals surface area (Å²) >= 11 is 0. The van der Waals surface area contributed by atoms with Gasteiger partial charge in [-0.05, 0) is 19.3 Å². The Kier molecular flexibility index (Phi) is 1.34. The van der Waals surface area contributed by atoms with Gasteiger partial charge in [0.05, 0.1) is 5.92 Å². The maximum Gasteiger partial charge on any atom is 0.354 e. The van der Waals surface area contributed by atoms with E-state index in [0.717, 1.165) is 19.3 Å². The minimum absolute atomic E-state index is 0.0566. The normalized spacial score (nSPS) is 34.4. The molecular weight excluding hydrogens is 146 g/mol. The van der Waals surface area contributed by atoms with Crippen molar-refractivity contribution in [3.05, 3.63) is 0 Å². The summed E-state index contributed by atoms with van der Waals surface area (Å²) in [4.78, 5) is 15.5. The minimum Gasteiger partial charge on any atom is -0.477 e. The van der Waals surface area contributed by atoms with Gasteiger partial charge in [0, 0.05) is 0 Å². The van der Waals surface area contributed by atoms with Crippen molar-refractivity contribution in [2.24, 2.45) is 11.1 Å². The van der Waals surface area contributed by atoms with Gasteiger partial charge in [-0.1, -0.05) is 5.16 Å². The Labute approximate surface area is 63.8 Å². The first-order chi connectivity index (χ1) is 5.29. The van der Waals surface area contributed by atoms with Crippen LogP contribution >= 0.6 is 0 Å². The third kappa shape index (κ3) is 0.895. The molecular formula is C7H9NO3. The molecule has 1 fully saturated rings. The van der Waals surface area contributed by atoms with E-state index >= 15 is 0 Å². The lowest BCUT2D eigenvalue weighted by Crippen LogP contribution is -2.23. The lowest BCUT2D eigenvalue weighted by molar-refractivity contribution is -0.129. The molecule has 0 radical (unpaired) electrons. The standard InChI is InChI=1S/C7H9NO3/c9-7(10)6-4-2-1-3-5(4)11-8-6/h4-5H,1-3H2,(H,9,10)/t4-,5-/m1/s1. The molecule has 0 unspecified atom stereocenters. The molecule has 1 aliphatic heterocycles. The summed E-state index contributed by atoms with van der Waals surface area (Å²) in [5.74, 6) is -0.869. The molecule has 2 aliphatic rings. The van der Waals surface area contributed by atoms with E-state index in [2.05, 4.69) is 5.16 Å². The Bertz CT molecular complexity index is 224. The van der Waals surface area contributed by atoms with Crippen molar-refractivity contribution < 1.29 is 14.7 Å². The minimum atomic E-state index is -0.931. The number of oxime groups is 1. The third-order valence-electron chi connectivity index (χ3n) is 2.31. The Morgan fingerprint density at radius 1 is 1.64 bits per heavy atom. The molecule has 0 amide bonds. The number of carboxylic acid groups (broad SMARTS) is 1. The summed E-state index contributed by atoms with van der Waals surface area (Å²) in [5.41, 5.74) is 0.215. The average Bonchev–Trinajstić information content (AvgIpc) is 2.41. The first-order valence-corrected chi connectivity index (χ1v) is 3.76. The van der Waals surface area contributed by atoms with Crippen molar-refractivity contribution >= 4 is 11.7 Å². The number of carboxylic acids is 1. The molecule has 0 spiro atoms. The predicted molar refractivity (Wildman–Crippen MR) is 37.3 cm³/mol. The highest BCUT2D eigenvalue weighted by Crippen LogP contribution is 2.33. The van der Waals surface area contributed by atoms with Gasteiger partial charge in [0.15, 0.2) is 5.71 Å². The number of hydrogen-bond donors (Lipinski definition) is 1. The zero-order valence-corrected chi connectivity index (χ0v) is 5.99. The van der Waals surface area contributed by atoms with Crippen LogP contribution in [0.15, 0.2) is 5.16 Å². The van der Waals surface area contributed by atoms with Crippen LogP contribution in [-0.2, 0) is 9.63 Å². The van der Waals surface area contributed by atoms with Crippen LogP contribution in [-0.4, -0.2) is 22.9 Å². The summed E-state index contributed by atoms with van der Waals surface area (Å²) in [6.45, 7) is 0. The van der Waals surface area contributed by atoms with Gasteiger partial charge in [-0.15, -0.1) is 0 Å². The van der Waals surface area contributed by atoms with Crippen molar-refractivity contribution in [2.45, 2.75) is 25.4 Å². The van der Waals surface area contributed by atoms with E-state index in [0.29, 0.717) is 0 Å². The highest BCUT2D eigenvalue weighted by atomic mass is 16.6. The monoisotopic (exact) mass is 155 g/mol. The molecule has 1 N–H and O–H groups in total. The predicted octanol–water partition coefficient (Wildman–Crippen LogP) is 0.626. The molecule has 0 aromatic rings. The number of rotatable bonds is 1. The smallest absolute Gasteiger partial charge is 0.354 e. The fourth-order valence-electron chi connectivity index (χ4n) is 1.75. The van der Waals surface area contributed by atoms with Gasteiger partial charge in [0.1, 0.15) is 6.10 Å². The lowest BCUT2D eigenvalue weighted by atomic mass is 10.0. The largest absolute Gasteiger partial charge is 0.477 e. The zero-order valence-electron chi connectivity index (χ0n) is 5.99. The molecule has 4 nitrogen and oxygen atoms in total. The van der Waals surface area contributed by atoms with Gasteiger partial charge < -0.3 is 9.94 Å². The number of nitrogens with zero attached hydrogens (tertiary/aromatic N) is 1. The molecule has 11 heavy (non-hydrogen) atoms. The van der Waals surface area contributed by atoms with Crippen LogP contribution in [0.3, 0.4) is 0 Å². The molecule has 2 rings (SSSR count). The van der Waals surface area contributed by atoms with Gasteiger partial charge in [0.25, 0.3) is 0 Å². The van der Waals surface area contributed by atoms with E-state index in [1.165, 1.54) is 0 Å². The van der Waals surface area contributed by atoms with Crippen LogP contribution in [0.5, 0.6) is 0 Å². The average molecular weight is 155 g/mol. The van der Waals surface area contributed by atoms with Crippen LogP contribution in [0.4, 0.5) is 0 Å². The van der Waals surface area contributed by atoms with Crippen LogP contribution in [0.2, 0.25) is 0 Å². The summed E-state index contributed by atoms with van der Waals surface area (Å²) in [5, 5.41) is 12.2. The summed E-state index contributed by atoms with van der Waals surface area (Å²) in [6, 6.07) is 0. The van der Waals surface area contributed by atoms with E-state index in [4.69, 9.17) is 9.94 Å². The molecule has 1 aliphatic carbocycles. The van der Waals surface area contributed by atoms with Gasteiger partial charge in [-0.2, -0.15) is 0 Å². The Morgan fingerprint density at radius 2 is 2.45 bits per heavy atom. The summed E-state index contributed by atoms with van der Waals surface area (Å²) < 4.78 is 0. The number of fused-ring (bicyclic) bond motifs is 1. The van der Waals surface area contributed by atoms with E-state index < -0.39 is 5.97 Å². The maximum atomic E-state index is 10.5. The summed E-state index contributed by atoms with van der Waals surface area (Å²) in [7, 11) is 0. The molecule has 0 bridgehead atoms. The SMILES string of the molecule is O=C(O)C1=NO[C@@H]2CCC[C@@H]12. The second kappa shape index (κ2) is 2.22. The fourth-order valence-corrected chi connectivity index (χ4v) is 1.75. The first kappa shape index (κ1) is 6.64. The van der Waals surface area contributed by atoms with Crippen LogP contribution in [0.25, 0.3) is 0 Å². The number of carbonyl (C=O) groups is 1. The highest BCUT2D eigenvalue weighted by molar-refractivity contribution is 6.36. The number of aliphatic carboxylic acids is 1. The van der Waals surface area contributed by atoms with E-state index in [-0.39, 0.29) is 17.7 Å². The Morgan fingerprint density at radius 3 is 3.18 bits per heavy atom. The quantitative estimate of drug-likeness (QED) is 0.604. The van der Waals surface area contributed by atoms with Crippen molar-refractivity contribution in [1.82, 2.24) is 0 Å². The van der Waals surface area contributed by atoms with Crippen LogP contribution in [0, 0.1) is 5.92 Å². The van der Waals surface area contributed by atoms with E-state index in [9.17, 15) is 4.79 Å². The number of hydrogen-bond acceptors (Lipinski definition) is 3. The van der Waals surface area contributed by atoms with Crippen molar-refractivity contribution in [1.29, 1.82) is 0 Å². The second-order valence-corrected chi connectivity index (χ2v) is 2.96. The highest BCUT2D eigenvalue weighted by Gasteiger charge is 2.41. The Hall–Kier alpha value is -1.06. The molecule has 0 aromatic heterocycles. The maximum absolute atomic E-state index is 10.5.